The first-order chi connectivity index (χ1) is 9.56. The van der Waals surface area contributed by atoms with E-state index >= 15 is 0 Å². The van der Waals surface area contributed by atoms with Crippen molar-refractivity contribution in [3.8, 4) is 0 Å². The smallest absolute Gasteiger partial charge is 0.232 e. The highest BCUT2D eigenvalue weighted by atomic mass is 16.2. The minimum absolute atomic E-state index is 0.0541. The molecule has 2 rings (SSSR count). The molecule has 1 fully saturated rings. The molecule has 0 aliphatic heterocycles. The second-order valence-electron chi connectivity index (χ2n) is 5.62. The van der Waals surface area contributed by atoms with Crippen molar-refractivity contribution in [3.63, 3.8) is 0 Å². The number of rotatable bonds is 6. The highest BCUT2D eigenvalue weighted by Crippen LogP contribution is 2.19. The van der Waals surface area contributed by atoms with Gasteiger partial charge in [0.1, 0.15) is 6.42 Å². The number of carbonyl (C=O) groups is 2. The number of hydrogen-bond donors (Lipinski definition) is 1. The van der Waals surface area contributed by atoms with Crippen LogP contribution in [0, 0.1) is 0 Å². The summed E-state index contributed by atoms with van der Waals surface area (Å²) in [6, 6.07) is 10.2. The minimum Gasteiger partial charge on any atom is -0.353 e. The van der Waals surface area contributed by atoms with Crippen LogP contribution < -0.4 is 5.32 Å². The van der Waals surface area contributed by atoms with Gasteiger partial charge in [0.15, 0.2) is 0 Å². The predicted octanol–water partition coefficient (Wildman–Crippen LogP) is 2.09. The van der Waals surface area contributed by atoms with E-state index in [9.17, 15) is 9.59 Å². The summed E-state index contributed by atoms with van der Waals surface area (Å²) in [7, 11) is 0. The molecule has 2 amide bonds. The van der Waals surface area contributed by atoms with Gasteiger partial charge in [0, 0.05) is 18.6 Å². The summed E-state index contributed by atoms with van der Waals surface area (Å²) in [4.78, 5) is 25.7. The number of amides is 2. The molecule has 0 spiro atoms. The maximum atomic E-state index is 12.3. The molecule has 1 aliphatic rings. The lowest BCUT2D eigenvalue weighted by molar-refractivity contribution is -0.137. The van der Waals surface area contributed by atoms with Crippen LogP contribution in [0.2, 0.25) is 0 Å². The Labute approximate surface area is 120 Å². The molecule has 1 saturated carbocycles. The lowest BCUT2D eigenvalue weighted by Gasteiger charge is -2.26. The van der Waals surface area contributed by atoms with E-state index in [1.807, 2.05) is 44.2 Å². The van der Waals surface area contributed by atoms with Gasteiger partial charge in [-0.15, -0.1) is 0 Å². The Morgan fingerprint density at radius 1 is 1.25 bits per heavy atom. The molecule has 1 aromatic carbocycles. The summed E-state index contributed by atoms with van der Waals surface area (Å²) >= 11 is 0. The van der Waals surface area contributed by atoms with E-state index in [1.165, 1.54) is 0 Å². The fourth-order valence-electron chi connectivity index (χ4n) is 2.08. The van der Waals surface area contributed by atoms with Crippen LogP contribution in [0.5, 0.6) is 0 Å². The van der Waals surface area contributed by atoms with E-state index in [1.54, 1.807) is 4.90 Å². The quantitative estimate of drug-likeness (QED) is 0.808. The van der Waals surface area contributed by atoms with Gasteiger partial charge >= 0.3 is 0 Å². The number of nitrogens with one attached hydrogen (secondary N) is 1. The van der Waals surface area contributed by atoms with Crippen molar-refractivity contribution in [2.24, 2.45) is 0 Å². The Morgan fingerprint density at radius 3 is 2.45 bits per heavy atom. The molecule has 0 aromatic heterocycles. The molecule has 0 atom stereocenters. The highest BCUT2D eigenvalue weighted by molar-refractivity contribution is 5.97. The van der Waals surface area contributed by atoms with E-state index in [4.69, 9.17) is 0 Å². The summed E-state index contributed by atoms with van der Waals surface area (Å²) in [6.07, 6.45) is 2.02. The van der Waals surface area contributed by atoms with Crippen molar-refractivity contribution in [3.05, 3.63) is 35.9 Å². The number of carbonyl (C=O) groups excluding carboxylic acids is 2. The van der Waals surface area contributed by atoms with Gasteiger partial charge in [0.05, 0.1) is 0 Å². The summed E-state index contributed by atoms with van der Waals surface area (Å²) in [5.74, 6) is -0.266. The zero-order chi connectivity index (χ0) is 14.5. The van der Waals surface area contributed by atoms with E-state index in [-0.39, 0.29) is 24.3 Å². The van der Waals surface area contributed by atoms with Crippen LogP contribution in [-0.4, -0.2) is 28.8 Å². The average Bonchev–Trinajstić information content (AvgIpc) is 3.20. The largest absolute Gasteiger partial charge is 0.353 e. The zero-order valence-corrected chi connectivity index (χ0v) is 12.1. The molecule has 0 saturated heterocycles. The fraction of sp³-hybridized carbons (Fsp3) is 0.500. The topological polar surface area (TPSA) is 49.4 Å². The second kappa shape index (κ2) is 6.55. The van der Waals surface area contributed by atoms with E-state index in [2.05, 4.69) is 5.32 Å². The molecular formula is C16H22N2O2. The van der Waals surface area contributed by atoms with Crippen LogP contribution in [0.25, 0.3) is 0 Å². The predicted molar refractivity (Wildman–Crippen MR) is 77.9 cm³/mol. The van der Waals surface area contributed by atoms with Crippen molar-refractivity contribution < 1.29 is 9.59 Å². The Kier molecular flexibility index (Phi) is 4.77. The van der Waals surface area contributed by atoms with Gasteiger partial charge in [-0.2, -0.15) is 0 Å². The summed E-state index contributed by atoms with van der Waals surface area (Å²) in [5, 5.41) is 2.86. The molecule has 1 aliphatic carbocycles. The van der Waals surface area contributed by atoms with Crippen LogP contribution in [0.3, 0.4) is 0 Å². The third-order valence-electron chi connectivity index (χ3n) is 3.39. The Balaban J connectivity index is 1.92. The van der Waals surface area contributed by atoms with E-state index in [0.717, 1.165) is 18.4 Å². The summed E-state index contributed by atoms with van der Waals surface area (Å²) < 4.78 is 0. The maximum Gasteiger partial charge on any atom is 0.232 e. The molecule has 20 heavy (non-hydrogen) atoms. The molecule has 4 nitrogen and oxygen atoms in total. The first-order valence-electron chi connectivity index (χ1n) is 7.19. The summed E-state index contributed by atoms with van der Waals surface area (Å²) in [5.41, 5.74) is 1.08. The lowest BCUT2D eigenvalue weighted by Crippen LogP contribution is -2.39. The van der Waals surface area contributed by atoms with Crippen molar-refractivity contribution in [2.75, 3.05) is 0 Å². The molecule has 0 heterocycles. The van der Waals surface area contributed by atoms with E-state index < -0.39 is 0 Å². The van der Waals surface area contributed by atoms with Crippen molar-refractivity contribution in [1.29, 1.82) is 0 Å². The van der Waals surface area contributed by atoms with E-state index in [0.29, 0.717) is 12.6 Å². The number of nitrogens with zero attached hydrogens (tertiary/aromatic N) is 1. The molecule has 1 aromatic rings. The molecule has 1 N–H and O–H groups in total. The molecular weight excluding hydrogens is 252 g/mol. The lowest BCUT2D eigenvalue weighted by atomic mass is 10.1. The van der Waals surface area contributed by atoms with Crippen molar-refractivity contribution in [2.45, 2.75) is 51.7 Å². The van der Waals surface area contributed by atoms with Gasteiger partial charge in [-0.25, -0.2) is 0 Å². The minimum atomic E-state index is -0.156. The first-order valence-corrected chi connectivity index (χ1v) is 7.19. The second-order valence-corrected chi connectivity index (χ2v) is 5.62. The van der Waals surface area contributed by atoms with Crippen LogP contribution in [0.1, 0.15) is 38.7 Å². The summed E-state index contributed by atoms with van der Waals surface area (Å²) in [6.45, 7) is 4.49. The van der Waals surface area contributed by atoms with Gasteiger partial charge in [0.2, 0.25) is 11.8 Å². The molecule has 0 unspecified atom stereocenters. The zero-order valence-electron chi connectivity index (χ0n) is 12.1. The molecule has 4 heteroatoms. The van der Waals surface area contributed by atoms with Crippen molar-refractivity contribution >= 4 is 11.8 Å². The number of benzene rings is 1. The fourth-order valence-corrected chi connectivity index (χ4v) is 2.08. The maximum absolute atomic E-state index is 12.3. The Hall–Kier alpha value is -1.84. The highest BCUT2D eigenvalue weighted by Gasteiger charge is 2.26. The normalized spacial score (nSPS) is 14.2. The Bertz CT molecular complexity index is 467. The van der Waals surface area contributed by atoms with Gasteiger partial charge in [-0.1, -0.05) is 30.3 Å². The van der Waals surface area contributed by atoms with Crippen LogP contribution in [0.15, 0.2) is 30.3 Å². The standard InChI is InChI=1S/C16H22N2O2/c1-12(2)18(11-13-6-4-3-5-7-13)16(20)10-15(19)17-14-8-9-14/h3-7,12,14H,8-11H2,1-2H3,(H,17,19). The third-order valence-corrected chi connectivity index (χ3v) is 3.39. The SMILES string of the molecule is CC(C)N(Cc1ccccc1)C(=O)CC(=O)NC1CC1. The first kappa shape index (κ1) is 14.6. The van der Waals surface area contributed by atoms with Gasteiger partial charge in [0.25, 0.3) is 0 Å². The molecule has 0 bridgehead atoms. The van der Waals surface area contributed by atoms with Gasteiger partial charge in [-0.3, -0.25) is 9.59 Å². The van der Waals surface area contributed by atoms with Crippen LogP contribution in [0.4, 0.5) is 0 Å². The van der Waals surface area contributed by atoms with Crippen LogP contribution in [-0.2, 0) is 16.1 Å². The average molecular weight is 274 g/mol. The van der Waals surface area contributed by atoms with Crippen molar-refractivity contribution in [1.82, 2.24) is 10.2 Å². The monoisotopic (exact) mass is 274 g/mol. The van der Waals surface area contributed by atoms with Crippen LogP contribution >= 0.6 is 0 Å². The van der Waals surface area contributed by atoms with Gasteiger partial charge < -0.3 is 10.2 Å². The third kappa shape index (κ3) is 4.37. The molecule has 0 radical (unpaired) electrons. The van der Waals surface area contributed by atoms with Gasteiger partial charge in [-0.05, 0) is 32.3 Å². The molecule has 108 valence electrons. The Morgan fingerprint density at radius 2 is 1.90 bits per heavy atom. The number of hydrogen-bond acceptors (Lipinski definition) is 2.